The minimum Gasteiger partial charge on any atom is -0.363 e. The van der Waals surface area contributed by atoms with Crippen molar-refractivity contribution in [3.05, 3.63) is 0 Å². The molecule has 0 bridgehead atoms. The predicted molar refractivity (Wildman–Crippen MR) is 38.3 cm³/mol. The Labute approximate surface area is 53.1 Å². The van der Waals surface area contributed by atoms with Gasteiger partial charge in [0.2, 0.25) is 0 Å². The molecule has 0 spiro atoms. The summed E-state index contributed by atoms with van der Waals surface area (Å²) in [6, 6.07) is 0. The Kier molecular flexibility index (Phi) is 5.06. The summed E-state index contributed by atoms with van der Waals surface area (Å²) in [5, 5.41) is 0. The molecule has 0 saturated heterocycles. The van der Waals surface area contributed by atoms with E-state index in [0.717, 1.165) is 12.8 Å². The smallest absolute Gasteiger partial charge is 0.0591 e. The van der Waals surface area contributed by atoms with E-state index in [1.54, 1.807) is 0 Å². The molecule has 46 valence electrons. The van der Waals surface area contributed by atoms with Crippen LogP contribution in [0.25, 0.3) is 0 Å². The lowest BCUT2D eigenvalue weighted by molar-refractivity contribution is 0.252. The van der Waals surface area contributed by atoms with Crippen molar-refractivity contribution in [2.24, 2.45) is 0 Å². The lowest BCUT2D eigenvalue weighted by Gasteiger charge is -2.03. The van der Waals surface area contributed by atoms with Gasteiger partial charge >= 0.3 is 0 Å². The molecule has 2 heteroatoms. The van der Waals surface area contributed by atoms with Crippen LogP contribution in [0.4, 0.5) is 0 Å². The number of hydrogen-bond donors (Lipinski definition) is 0. The Hall–Kier alpha value is -0.0500. The molecule has 1 nitrogen and oxygen atoms in total. The molecule has 0 aromatic carbocycles. The van der Waals surface area contributed by atoms with Crippen LogP contribution in [0, 0.1) is 12.3 Å². The van der Waals surface area contributed by atoms with Gasteiger partial charge in [-0.15, -0.1) is 12.3 Å². The third-order valence-corrected chi connectivity index (χ3v) is 1.39. The van der Waals surface area contributed by atoms with E-state index in [2.05, 4.69) is 15.4 Å². The molecule has 2 atom stereocenters. The van der Waals surface area contributed by atoms with Crippen LogP contribution in [0.3, 0.4) is 0 Å². The van der Waals surface area contributed by atoms with Crippen LogP contribution in [-0.4, -0.2) is 6.10 Å². The van der Waals surface area contributed by atoms with E-state index in [1.807, 2.05) is 6.92 Å². The van der Waals surface area contributed by atoms with Gasteiger partial charge in [-0.05, 0) is 13.3 Å². The van der Waals surface area contributed by atoms with Crippen molar-refractivity contribution >= 4 is 9.47 Å². The van der Waals surface area contributed by atoms with E-state index >= 15 is 0 Å². The molecule has 0 amide bonds. The van der Waals surface area contributed by atoms with Crippen LogP contribution < -0.4 is 0 Å². The van der Waals surface area contributed by atoms with Gasteiger partial charge in [-0.2, -0.15) is 0 Å². The van der Waals surface area contributed by atoms with Gasteiger partial charge in [-0.3, -0.25) is 0 Å². The fourth-order valence-electron chi connectivity index (χ4n) is 0.355. The van der Waals surface area contributed by atoms with Crippen LogP contribution in [0.15, 0.2) is 0 Å². The van der Waals surface area contributed by atoms with Crippen LogP contribution in [0.5, 0.6) is 0 Å². The summed E-state index contributed by atoms with van der Waals surface area (Å²) >= 11 is 0. The first kappa shape index (κ1) is 7.95. The van der Waals surface area contributed by atoms with Gasteiger partial charge in [0.1, 0.15) is 0 Å². The summed E-state index contributed by atoms with van der Waals surface area (Å²) in [6.45, 7) is 1.99. The van der Waals surface area contributed by atoms with Gasteiger partial charge in [-0.1, -0.05) is 0 Å². The largest absolute Gasteiger partial charge is 0.363 e. The Bertz CT molecular complexity index is 85.0. The van der Waals surface area contributed by atoms with E-state index in [0.29, 0.717) is 0 Å². The van der Waals surface area contributed by atoms with E-state index < -0.39 is 0 Å². The molecular weight excluding hydrogens is 119 g/mol. The minimum atomic E-state index is 0.274. The van der Waals surface area contributed by atoms with Crippen molar-refractivity contribution in [3.63, 3.8) is 0 Å². The van der Waals surface area contributed by atoms with Crippen LogP contribution in [0.1, 0.15) is 19.8 Å². The molecule has 0 rings (SSSR count). The van der Waals surface area contributed by atoms with E-state index in [-0.39, 0.29) is 6.10 Å². The first-order valence-electron chi connectivity index (χ1n) is 2.60. The molecular formula is C6H11OP. The number of terminal acetylenes is 1. The molecule has 0 aliphatic carbocycles. The number of rotatable bonds is 3. The Balaban J connectivity index is 3.01. The van der Waals surface area contributed by atoms with E-state index in [9.17, 15) is 0 Å². The second-order valence-corrected chi connectivity index (χ2v) is 1.96. The summed E-state index contributed by atoms with van der Waals surface area (Å²) in [6.07, 6.45) is 7.04. The second-order valence-electron chi connectivity index (χ2n) is 1.69. The molecule has 0 heterocycles. The maximum atomic E-state index is 5.02. The first-order chi connectivity index (χ1) is 3.81. The highest BCUT2D eigenvalue weighted by atomic mass is 31.0. The Morgan fingerprint density at radius 1 is 1.88 bits per heavy atom. The maximum Gasteiger partial charge on any atom is 0.0591 e. The summed E-state index contributed by atoms with van der Waals surface area (Å²) in [5.41, 5.74) is 0. The molecule has 0 aromatic heterocycles. The SMILES string of the molecule is C#CCC[C@H](C)OP. The molecule has 0 aliphatic rings. The topological polar surface area (TPSA) is 9.23 Å². The van der Waals surface area contributed by atoms with Crippen LogP contribution >= 0.6 is 9.47 Å². The summed E-state index contributed by atoms with van der Waals surface area (Å²) in [7, 11) is 2.22. The fraction of sp³-hybridized carbons (Fsp3) is 0.667. The van der Waals surface area contributed by atoms with Crippen molar-refractivity contribution < 1.29 is 4.52 Å². The van der Waals surface area contributed by atoms with Gasteiger partial charge in [0.05, 0.1) is 6.10 Å². The second kappa shape index (κ2) is 5.09. The highest BCUT2D eigenvalue weighted by Gasteiger charge is 1.94. The highest BCUT2D eigenvalue weighted by Crippen LogP contribution is 2.03. The van der Waals surface area contributed by atoms with Gasteiger partial charge < -0.3 is 4.52 Å². The van der Waals surface area contributed by atoms with Gasteiger partial charge in [0, 0.05) is 15.9 Å². The van der Waals surface area contributed by atoms with Gasteiger partial charge in [-0.25, -0.2) is 0 Å². The molecule has 0 N–H and O–H groups in total. The minimum absolute atomic E-state index is 0.274. The van der Waals surface area contributed by atoms with Crippen molar-refractivity contribution in [2.45, 2.75) is 25.9 Å². The monoisotopic (exact) mass is 130 g/mol. The third kappa shape index (κ3) is 4.12. The van der Waals surface area contributed by atoms with Crippen molar-refractivity contribution in [1.82, 2.24) is 0 Å². The van der Waals surface area contributed by atoms with Crippen LogP contribution in [-0.2, 0) is 4.52 Å². The normalized spacial score (nSPS) is 12.6. The van der Waals surface area contributed by atoms with E-state index in [1.165, 1.54) is 0 Å². The summed E-state index contributed by atoms with van der Waals surface area (Å²) in [5.74, 6) is 2.54. The van der Waals surface area contributed by atoms with Crippen molar-refractivity contribution in [2.75, 3.05) is 0 Å². The molecule has 0 saturated carbocycles. The fourth-order valence-corrected chi connectivity index (χ4v) is 0.491. The third-order valence-electron chi connectivity index (χ3n) is 0.928. The molecule has 1 unspecified atom stereocenters. The summed E-state index contributed by atoms with van der Waals surface area (Å²) in [4.78, 5) is 0. The Morgan fingerprint density at radius 3 is 2.88 bits per heavy atom. The average molecular weight is 130 g/mol. The summed E-state index contributed by atoms with van der Waals surface area (Å²) < 4.78 is 4.87. The quantitative estimate of drug-likeness (QED) is 0.416. The predicted octanol–water partition coefficient (Wildman–Crippen LogP) is 1.59. The van der Waals surface area contributed by atoms with Crippen molar-refractivity contribution in [1.29, 1.82) is 0 Å². The van der Waals surface area contributed by atoms with Crippen molar-refractivity contribution in [3.8, 4) is 12.3 Å². The van der Waals surface area contributed by atoms with Gasteiger partial charge in [0.25, 0.3) is 0 Å². The number of hydrogen-bond acceptors (Lipinski definition) is 1. The lowest BCUT2D eigenvalue weighted by Crippen LogP contribution is -1.98. The maximum absolute atomic E-state index is 5.02. The molecule has 0 radical (unpaired) electrons. The van der Waals surface area contributed by atoms with E-state index in [4.69, 9.17) is 10.9 Å². The zero-order valence-electron chi connectivity index (χ0n) is 5.05. The van der Waals surface area contributed by atoms with Gasteiger partial charge in [0.15, 0.2) is 0 Å². The zero-order valence-corrected chi connectivity index (χ0v) is 6.21. The zero-order chi connectivity index (χ0) is 6.41. The molecule has 0 fully saturated rings. The highest BCUT2D eigenvalue weighted by molar-refractivity contribution is 7.09. The lowest BCUT2D eigenvalue weighted by atomic mass is 10.2. The average Bonchev–Trinajstić information content (AvgIpc) is 1.83. The molecule has 0 aliphatic heterocycles. The Morgan fingerprint density at radius 2 is 2.50 bits per heavy atom. The molecule has 8 heavy (non-hydrogen) atoms. The standard InChI is InChI=1S/C6H11OP/c1-3-4-5-6(2)7-8/h1,6H,4-5,8H2,2H3/t6-/m0/s1. The first-order valence-corrected chi connectivity index (χ1v) is 3.07. The van der Waals surface area contributed by atoms with Crippen LogP contribution in [0.2, 0.25) is 0 Å². The molecule has 0 aromatic rings.